The molecule has 1 N–H and O–H groups in total. The zero-order valence-electron chi connectivity index (χ0n) is 14.6. The monoisotopic (exact) mass is 475 g/mol. The van der Waals surface area contributed by atoms with Crippen LogP contribution in [0.3, 0.4) is 0 Å². The van der Waals surface area contributed by atoms with Gasteiger partial charge in [0.25, 0.3) is 0 Å². The summed E-state index contributed by atoms with van der Waals surface area (Å²) in [5.74, 6) is 2.35. The lowest BCUT2D eigenvalue weighted by Gasteiger charge is -2.04. The van der Waals surface area contributed by atoms with Crippen molar-refractivity contribution in [3.05, 3.63) is 58.9 Å². The Bertz CT molecular complexity index is 1070. The minimum Gasteiger partial charge on any atom is -0.497 e. The first-order valence-electron chi connectivity index (χ1n) is 8.15. The van der Waals surface area contributed by atoms with E-state index in [-0.39, 0.29) is 0 Å². The number of nitrogens with one attached hydrogen (secondary N) is 1. The van der Waals surface area contributed by atoms with Crippen molar-refractivity contribution < 1.29 is 9.15 Å². The maximum absolute atomic E-state index is 5.73. The summed E-state index contributed by atoms with van der Waals surface area (Å²) in [4.78, 5) is 0. The van der Waals surface area contributed by atoms with Crippen molar-refractivity contribution in [2.75, 3.05) is 12.4 Å². The molecule has 0 radical (unpaired) electrons. The molecule has 0 aliphatic carbocycles. The van der Waals surface area contributed by atoms with E-state index in [9.17, 15) is 0 Å². The van der Waals surface area contributed by atoms with Crippen molar-refractivity contribution in [2.24, 2.45) is 0 Å². The Labute approximate surface area is 177 Å². The third-order valence-corrected chi connectivity index (χ3v) is 6.09. The zero-order chi connectivity index (χ0) is 19.3. The summed E-state index contributed by atoms with van der Waals surface area (Å²) in [6, 6.07) is 15.4. The van der Waals surface area contributed by atoms with Crippen molar-refractivity contribution in [3.8, 4) is 17.2 Å². The Morgan fingerprint density at radius 1 is 1.11 bits per heavy atom. The molecular formula is C18H14BrN5O2S2. The standard InChI is InChI=1S/C18H14BrN5O2S2/c1-25-14-4-2-3-13(9-14)20-17-23-24-18(28-17)27-10-15-21-22-16(26-15)11-5-7-12(19)8-6-11/h2-9H,10H2,1H3,(H,20,23). The van der Waals surface area contributed by atoms with Crippen LogP contribution >= 0.6 is 39.0 Å². The molecule has 28 heavy (non-hydrogen) atoms. The third kappa shape index (κ3) is 4.70. The van der Waals surface area contributed by atoms with E-state index in [0.29, 0.717) is 22.7 Å². The first kappa shape index (κ1) is 18.9. The van der Waals surface area contributed by atoms with E-state index >= 15 is 0 Å². The highest BCUT2D eigenvalue weighted by atomic mass is 79.9. The minimum absolute atomic E-state index is 0.501. The molecule has 0 amide bonds. The van der Waals surface area contributed by atoms with Crippen LogP contribution in [-0.4, -0.2) is 27.5 Å². The minimum atomic E-state index is 0.501. The van der Waals surface area contributed by atoms with Gasteiger partial charge in [-0.25, -0.2) is 0 Å². The second-order valence-electron chi connectivity index (χ2n) is 5.53. The fraction of sp³-hybridized carbons (Fsp3) is 0.111. The maximum Gasteiger partial charge on any atom is 0.247 e. The molecule has 0 saturated carbocycles. The van der Waals surface area contributed by atoms with Crippen molar-refractivity contribution >= 4 is 49.8 Å². The third-order valence-electron chi connectivity index (χ3n) is 3.60. The predicted octanol–water partition coefficient (Wildman–Crippen LogP) is 5.40. The summed E-state index contributed by atoms with van der Waals surface area (Å²) in [7, 11) is 1.64. The number of halogens is 1. The molecule has 0 aliphatic rings. The van der Waals surface area contributed by atoms with Crippen molar-refractivity contribution in [2.45, 2.75) is 10.1 Å². The van der Waals surface area contributed by atoms with Gasteiger partial charge < -0.3 is 14.5 Å². The Morgan fingerprint density at radius 3 is 2.79 bits per heavy atom. The molecule has 4 aromatic rings. The van der Waals surface area contributed by atoms with Gasteiger partial charge in [-0.05, 0) is 36.4 Å². The highest BCUT2D eigenvalue weighted by molar-refractivity contribution is 9.10. The fourth-order valence-electron chi connectivity index (χ4n) is 2.29. The molecule has 0 bridgehead atoms. The lowest BCUT2D eigenvalue weighted by molar-refractivity contribution is 0.415. The van der Waals surface area contributed by atoms with E-state index in [1.54, 1.807) is 7.11 Å². The van der Waals surface area contributed by atoms with Gasteiger partial charge in [-0.3, -0.25) is 0 Å². The number of thioether (sulfide) groups is 1. The van der Waals surface area contributed by atoms with Gasteiger partial charge in [-0.1, -0.05) is 45.1 Å². The van der Waals surface area contributed by atoms with Gasteiger partial charge in [0.05, 0.1) is 12.9 Å². The number of ether oxygens (including phenoxy) is 1. The van der Waals surface area contributed by atoms with E-state index in [2.05, 4.69) is 41.6 Å². The topological polar surface area (TPSA) is 86.0 Å². The van der Waals surface area contributed by atoms with E-state index in [1.807, 2.05) is 48.5 Å². The van der Waals surface area contributed by atoms with Crippen molar-refractivity contribution in [1.82, 2.24) is 20.4 Å². The van der Waals surface area contributed by atoms with E-state index < -0.39 is 0 Å². The summed E-state index contributed by atoms with van der Waals surface area (Å²) < 4.78 is 12.8. The average Bonchev–Trinajstić information content (AvgIpc) is 3.37. The van der Waals surface area contributed by atoms with Gasteiger partial charge in [0.1, 0.15) is 5.75 Å². The Balaban J connectivity index is 1.36. The van der Waals surface area contributed by atoms with Crippen LogP contribution in [0.2, 0.25) is 0 Å². The van der Waals surface area contributed by atoms with E-state index in [0.717, 1.165) is 25.8 Å². The van der Waals surface area contributed by atoms with Crippen LogP contribution < -0.4 is 10.1 Å². The Hall–Kier alpha value is -2.43. The highest BCUT2D eigenvalue weighted by Gasteiger charge is 2.11. The van der Waals surface area contributed by atoms with Gasteiger partial charge in [0.15, 0.2) is 4.34 Å². The molecule has 2 aromatic heterocycles. The van der Waals surface area contributed by atoms with Crippen LogP contribution in [0.4, 0.5) is 10.8 Å². The van der Waals surface area contributed by atoms with E-state index in [1.165, 1.54) is 23.1 Å². The molecule has 0 aliphatic heterocycles. The molecule has 2 aromatic carbocycles. The molecule has 2 heterocycles. The molecule has 10 heteroatoms. The molecule has 142 valence electrons. The molecule has 7 nitrogen and oxygen atoms in total. The molecule has 0 saturated heterocycles. The van der Waals surface area contributed by atoms with Crippen LogP contribution in [0.15, 0.2) is 61.8 Å². The van der Waals surface area contributed by atoms with Crippen LogP contribution in [0.1, 0.15) is 5.89 Å². The van der Waals surface area contributed by atoms with Crippen molar-refractivity contribution in [3.63, 3.8) is 0 Å². The summed E-state index contributed by atoms with van der Waals surface area (Å²) in [6.45, 7) is 0. The second kappa shape index (κ2) is 8.72. The van der Waals surface area contributed by atoms with Gasteiger partial charge in [-0.2, -0.15) is 0 Å². The fourth-order valence-corrected chi connectivity index (χ4v) is 4.16. The number of nitrogens with zero attached hydrogens (tertiary/aromatic N) is 4. The normalized spacial score (nSPS) is 10.8. The number of hydrogen-bond donors (Lipinski definition) is 1. The smallest absolute Gasteiger partial charge is 0.247 e. The Morgan fingerprint density at radius 2 is 1.96 bits per heavy atom. The SMILES string of the molecule is COc1cccc(Nc2nnc(SCc3nnc(-c4ccc(Br)cc4)o3)s2)c1. The van der Waals surface area contributed by atoms with Crippen molar-refractivity contribution in [1.29, 1.82) is 0 Å². The lowest BCUT2D eigenvalue weighted by Crippen LogP contribution is -1.90. The quantitative estimate of drug-likeness (QED) is 0.355. The zero-order valence-corrected chi connectivity index (χ0v) is 17.8. The van der Waals surface area contributed by atoms with Gasteiger partial charge in [0.2, 0.25) is 16.9 Å². The molecule has 0 spiro atoms. The first-order chi connectivity index (χ1) is 13.7. The maximum atomic E-state index is 5.73. The number of rotatable bonds is 7. The largest absolute Gasteiger partial charge is 0.497 e. The highest BCUT2D eigenvalue weighted by Crippen LogP contribution is 2.31. The Kier molecular flexibility index (Phi) is 5.89. The summed E-state index contributed by atoms with van der Waals surface area (Å²) >= 11 is 6.37. The van der Waals surface area contributed by atoms with Crippen LogP contribution in [0.25, 0.3) is 11.5 Å². The number of anilines is 2. The molecule has 0 atom stereocenters. The van der Waals surface area contributed by atoms with Crippen LogP contribution in [-0.2, 0) is 5.75 Å². The summed E-state index contributed by atoms with van der Waals surface area (Å²) in [5, 5.41) is 20.5. The van der Waals surface area contributed by atoms with E-state index in [4.69, 9.17) is 9.15 Å². The summed E-state index contributed by atoms with van der Waals surface area (Å²) in [6.07, 6.45) is 0. The lowest BCUT2D eigenvalue weighted by atomic mass is 10.2. The number of hydrogen-bond acceptors (Lipinski definition) is 9. The van der Waals surface area contributed by atoms with Gasteiger partial charge >= 0.3 is 0 Å². The molecular weight excluding hydrogens is 462 g/mol. The molecule has 0 unspecified atom stereocenters. The van der Waals surface area contributed by atoms with Gasteiger partial charge in [0, 0.05) is 21.8 Å². The van der Waals surface area contributed by atoms with Gasteiger partial charge in [-0.15, -0.1) is 20.4 Å². The first-order valence-corrected chi connectivity index (χ1v) is 10.7. The number of benzene rings is 2. The summed E-state index contributed by atoms with van der Waals surface area (Å²) in [5.41, 5.74) is 1.77. The van der Waals surface area contributed by atoms with Crippen LogP contribution in [0, 0.1) is 0 Å². The number of methoxy groups -OCH3 is 1. The second-order valence-corrected chi connectivity index (χ2v) is 8.64. The van der Waals surface area contributed by atoms with Crippen LogP contribution in [0.5, 0.6) is 5.75 Å². The molecule has 4 rings (SSSR count). The predicted molar refractivity (Wildman–Crippen MR) is 113 cm³/mol. The average molecular weight is 476 g/mol. The number of aromatic nitrogens is 4. The molecule has 0 fully saturated rings.